The molecule has 8 heteroatoms. The van der Waals surface area contributed by atoms with Gasteiger partial charge in [-0.25, -0.2) is 4.79 Å². The maximum Gasteiger partial charge on any atom is 0.338 e. The van der Waals surface area contributed by atoms with Gasteiger partial charge in [-0.15, -0.1) is 6.58 Å². The largest absolute Gasteiger partial charge is 0.492 e. The molecule has 0 saturated carbocycles. The Labute approximate surface area is 266 Å². The van der Waals surface area contributed by atoms with Gasteiger partial charge < -0.3 is 24.8 Å². The molecule has 0 unspecified atom stereocenters. The van der Waals surface area contributed by atoms with E-state index >= 15 is 0 Å². The van der Waals surface area contributed by atoms with Crippen molar-refractivity contribution in [2.24, 2.45) is 10.9 Å². The van der Waals surface area contributed by atoms with Gasteiger partial charge in [0, 0.05) is 33.1 Å². The Hall–Kier alpha value is -4.33. The molecule has 1 rings (SSSR count). The molecule has 0 aromatic carbocycles. The van der Waals surface area contributed by atoms with Crippen molar-refractivity contribution in [1.29, 1.82) is 0 Å². The van der Waals surface area contributed by atoms with Crippen molar-refractivity contribution >= 4 is 17.7 Å². The highest BCUT2D eigenvalue weighted by atomic mass is 16.5. The number of piperidine rings is 1. The van der Waals surface area contributed by atoms with Crippen LogP contribution in [0.25, 0.3) is 0 Å². The SMILES string of the molecule is C=C(C(=O)O)/C(=C\C=C/C)OCC1CCN(C(/C=C\CNC(=O)C/C=C/O/C=C/C=C\C=C/C)=NC)CC1.C=CCC.CC. The van der Waals surface area contributed by atoms with Crippen LogP contribution in [-0.2, 0) is 19.1 Å². The van der Waals surface area contributed by atoms with Crippen LogP contribution in [0.5, 0.6) is 0 Å². The molecule has 8 nitrogen and oxygen atoms in total. The number of aliphatic carboxylic acids is 1. The van der Waals surface area contributed by atoms with E-state index in [9.17, 15) is 14.7 Å². The van der Waals surface area contributed by atoms with Gasteiger partial charge in [0.05, 0.1) is 24.7 Å². The van der Waals surface area contributed by atoms with Gasteiger partial charge in [-0.3, -0.25) is 9.79 Å². The van der Waals surface area contributed by atoms with Crippen molar-refractivity contribution in [1.82, 2.24) is 10.2 Å². The number of carboxylic acids is 1. The highest BCUT2D eigenvalue weighted by Crippen LogP contribution is 2.21. The lowest BCUT2D eigenvalue weighted by Crippen LogP contribution is -2.38. The molecule has 1 aliphatic rings. The quantitative estimate of drug-likeness (QED) is 0.0465. The lowest BCUT2D eigenvalue weighted by Gasteiger charge is -2.33. The number of nitrogens with one attached hydrogen (secondary N) is 1. The molecular formula is C36H55N3O5. The lowest BCUT2D eigenvalue weighted by molar-refractivity contribution is -0.132. The molecule has 1 heterocycles. The number of carbonyl (C=O) groups is 2. The summed E-state index contributed by atoms with van der Waals surface area (Å²) >= 11 is 0. The average molecular weight is 610 g/mol. The van der Waals surface area contributed by atoms with Crippen LogP contribution in [-0.4, -0.2) is 61.0 Å². The van der Waals surface area contributed by atoms with E-state index in [4.69, 9.17) is 9.47 Å². The predicted octanol–water partition coefficient (Wildman–Crippen LogP) is 7.69. The Bertz CT molecular complexity index is 1050. The molecule has 1 fully saturated rings. The number of likely N-dealkylation sites (tertiary alicyclic amines) is 1. The Morgan fingerprint density at radius 1 is 1.02 bits per heavy atom. The number of ether oxygens (including phenoxy) is 2. The Kier molecular flexibility index (Phi) is 28.6. The van der Waals surface area contributed by atoms with Crippen molar-refractivity contribution in [3.8, 4) is 0 Å². The Balaban J connectivity index is 0. The van der Waals surface area contributed by atoms with Crippen LogP contribution >= 0.6 is 0 Å². The Morgan fingerprint density at radius 2 is 1.66 bits per heavy atom. The fourth-order valence-electron chi connectivity index (χ4n) is 3.38. The molecule has 0 aliphatic carbocycles. The monoisotopic (exact) mass is 609 g/mol. The average Bonchev–Trinajstić information content (AvgIpc) is 3.05. The normalized spacial score (nSPS) is 14.6. The first-order chi connectivity index (χ1) is 21.3. The van der Waals surface area contributed by atoms with Crippen LogP contribution in [0.2, 0.25) is 0 Å². The fourth-order valence-corrected chi connectivity index (χ4v) is 3.38. The summed E-state index contributed by atoms with van der Waals surface area (Å²) in [5, 5.41) is 12.1. The molecule has 244 valence electrons. The third kappa shape index (κ3) is 22.3. The van der Waals surface area contributed by atoms with Crippen LogP contribution in [0.3, 0.4) is 0 Å². The highest BCUT2D eigenvalue weighted by Gasteiger charge is 2.22. The second-order valence-electron chi connectivity index (χ2n) is 9.02. The number of amidine groups is 1. The number of hydrogen-bond acceptors (Lipinski definition) is 5. The molecule has 44 heavy (non-hydrogen) atoms. The summed E-state index contributed by atoms with van der Waals surface area (Å²) in [6.45, 7) is 19.4. The van der Waals surface area contributed by atoms with E-state index < -0.39 is 5.97 Å². The van der Waals surface area contributed by atoms with Crippen LogP contribution in [0.4, 0.5) is 0 Å². The first kappa shape index (κ1) is 41.8. The van der Waals surface area contributed by atoms with Gasteiger partial charge in [-0.1, -0.05) is 76.0 Å². The van der Waals surface area contributed by atoms with Gasteiger partial charge in [0.25, 0.3) is 0 Å². The summed E-state index contributed by atoms with van der Waals surface area (Å²) in [6, 6.07) is 0. The zero-order valence-corrected chi connectivity index (χ0v) is 27.7. The molecule has 0 aromatic heterocycles. The minimum atomic E-state index is -1.09. The summed E-state index contributed by atoms with van der Waals surface area (Å²) in [4.78, 5) is 29.8. The van der Waals surface area contributed by atoms with E-state index in [1.165, 1.54) is 12.5 Å². The van der Waals surface area contributed by atoms with Crippen LogP contribution < -0.4 is 5.32 Å². The van der Waals surface area contributed by atoms with E-state index in [1.807, 2.05) is 70.2 Å². The van der Waals surface area contributed by atoms with Gasteiger partial charge in [0.2, 0.25) is 5.91 Å². The lowest BCUT2D eigenvalue weighted by atomic mass is 9.97. The summed E-state index contributed by atoms with van der Waals surface area (Å²) in [5.41, 5.74) is -0.0523. The van der Waals surface area contributed by atoms with E-state index in [1.54, 1.807) is 37.4 Å². The van der Waals surface area contributed by atoms with Gasteiger partial charge in [-0.05, 0) is 63.3 Å². The van der Waals surface area contributed by atoms with Crippen molar-refractivity contribution in [2.75, 3.05) is 33.3 Å². The minimum Gasteiger partial charge on any atom is -0.492 e. The highest BCUT2D eigenvalue weighted by molar-refractivity contribution is 5.93. The maximum atomic E-state index is 12.0. The molecule has 1 amide bonds. The number of nitrogens with zero attached hydrogens (tertiary/aromatic N) is 2. The molecule has 0 bridgehead atoms. The first-order valence-electron chi connectivity index (χ1n) is 15.2. The smallest absolute Gasteiger partial charge is 0.338 e. The number of allylic oxidation sites excluding steroid dienone is 9. The van der Waals surface area contributed by atoms with Gasteiger partial charge in [0.15, 0.2) is 0 Å². The summed E-state index contributed by atoms with van der Waals surface area (Å²) in [6.07, 6.45) is 28.0. The first-order valence-corrected chi connectivity index (χ1v) is 15.2. The molecule has 0 radical (unpaired) electrons. The molecule has 0 spiro atoms. The molecule has 0 aromatic rings. The zero-order chi connectivity index (χ0) is 33.4. The third-order valence-electron chi connectivity index (χ3n) is 5.77. The molecular weight excluding hydrogens is 554 g/mol. The van der Waals surface area contributed by atoms with E-state index in [-0.39, 0.29) is 23.7 Å². The van der Waals surface area contributed by atoms with E-state index in [0.717, 1.165) is 38.2 Å². The number of aliphatic imine (C=N–C) groups is 1. The minimum absolute atomic E-state index is 0.0523. The second-order valence-corrected chi connectivity index (χ2v) is 9.02. The van der Waals surface area contributed by atoms with Crippen molar-refractivity contribution in [2.45, 2.75) is 60.3 Å². The van der Waals surface area contributed by atoms with Gasteiger partial charge >= 0.3 is 5.97 Å². The second kappa shape index (κ2) is 30.1. The maximum absolute atomic E-state index is 12.0. The van der Waals surface area contributed by atoms with Crippen LogP contribution in [0, 0.1) is 5.92 Å². The number of amides is 1. The summed E-state index contributed by atoms with van der Waals surface area (Å²) in [5.74, 6) is 0.257. The summed E-state index contributed by atoms with van der Waals surface area (Å²) < 4.78 is 11.0. The molecule has 1 saturated heterocycles. The van der Waals surface area contributed by atoms with Crippen molar-refractivity contribution < 1.29 is 24.2 Å². The van der Waals surface area contributed by atoms with Gasteiger partial charge in [-0.2, -0.15) is 0 Å². The van der Waals surface area contributed by atoms with Crippen LogP contribution in [0.1, 0.15) is 60.3 Å². The number of carboxylic acid groups (broad SMARTS) is 1. The van der Waals surface area contributed by atoms with E-state index in [2.05, 4.69) is 35.3 Å². The summed E-state index contributed by atoms with van der Waals surface area (Å²) in [7, 11) is 1.75. The van der Waals surface area contributed by atoms with Crippen molar-refractivity contribution in [3.63, 3.8) is 0 Å². The zero-order valence-electron chi connectivity index (χ0n) is 27.7. The standard InChI is InChI=1S/C30H41N3O5.C4H8.C2H6/c1-5-7-9-10-11-22-37-23-13-16-29(34)32-19-12-15-28(31-4)33-20-17-26(18-21-33)24-38-27(14-8-6-2)25(3)30(35)36;1-3-4-2;1-2/h5-15,22-23,26H,3,16-21,24H2,1-2,4H3,(H,32,34)(H,35,36);3H,1,4H2,2H3;1-2H3/b7-5-,8-6-,10-9-,15-12-,22-11+,23-13+,27-14+,31-28?;;. The molecule has 2 N–H and O–H groups in total. The predicted molar refractivity (Wildman–Crippen MR) is 185 cm³/mol. The van der Waals surface area contributed by atoms with Crippen molar-refractivity contribution in [3.05, 3.63) is 110 Å². The molecule has 1 aliphatic heterocycles. The topological polar surface area (TPSA) is 100 Å². The van der Waals surface area contributed by atoms with Crippen LogP contribution in [0.15, 0.2) is 115 Å². The number of hydrogen-bond donors (Lipinski definition) is 2. The van der Waals surface area contributed by atoms with E-state index in [0.29, 0.717) is 19.1 Å². The third-order valence-corrected chi connectivity index (χ3v) is 5.77. The fraction of sp³-hybridized carbons (Fsp3) is 0.417. The number of carbonyl (C=O) groups excluding carboxylic acids is 1. The Morgan fingerprint density at radius 3 is 2.23 bits per heavy atom. The van der Waals surface area contributed by atoms with Gasteiger partial charge in [0.1, 0.15) is 11.6 Å². The number of rotatable bonds is 16. The molecule has 0 atom stereocenters.